The molecule has 0 heterocycles. The second kappa shape index (κ2) is 37.7. The minimum absolute atomic E-state index is 0. The van der Waals surface area contributed by atoms with Crippen molar-refractivity contribution in [1.29, 1.82) is 0 Å². The Labute approximate surface area is 45.5 Å². The van der Waals surface area contributed by atoms with Crippen molar-refractivity contribution in [2.24, 2.45) is 0 Å². The Bertz CT molecular complexity index is 6.00. The van der Waals surface area contributed by atoms with Gasteiger partial charge in [0.15, 0.2) is 0 Å². The van der Waals surface area contributed by atoms with Crippen molar-refractivity contribution in [3.63, 3.8) is 0 Å². The zero-order valence-electron chi connectivity index (χ0n) is 1.66. The third kappa shape index (κ3) is 12.3. The minimum Gasteiger partial charge on any atom is -0.412 e. The second-order valence-electron chi connectivity index (χ2n) is 0. The maximum absolute atomic E-state index is 0. The van der Waals surface area contributed by atoms with E-state index in [9.17, 15) is 0 Å². The predicted molar refractivity (Wildman–Crippen MR) is 7.23 cm³/mol. The van der Waals surface area contributed by atoms with Gasteiger partial charge in [-0.15, -0.1) is 0 Å². The maximum atomic E-state index is 0. The molecule has 4 N–H and O–H groups in total. The van der Waals surface area contributed by atoms with E-state index in [1.807, 2.05) is 0 Å². The summed E-state index contributed by atoms with van der Waals surface area (Å²) in [5.41, 5.74) is 0. The zero-order valence-corrected chi connectivity index (χ0v) is 3.70. The van der Waals surface area contributed by atoms with E-state index in [1.54, 1.807) is 0 Å². The van der Waals surface area contributed by atoms with Crippen LogP contribution >= 0.6 is 0 Å². The van der Waals surface area contributed by atoms with Gasteiger partial charge in [0.1, 0.15) is 0 Å². The Balaban J connectivity index is 0. The van der Waals surface area contributed by atoms with Crippen LogP contribution in [0.2, 0.25) is 0 Å². The first kappa shape index (κ1) is 84.5. The van der Waals surface area contributed by atoms with Crippen LogP contribution in [0.25, 0.3) is 0 Å². The molecule has 0 aliphatic carbocycles. The van der Waals surface area contributed by atoms with Gasteiger partial charge >= 0.3 is 0 Å². The number of hydrogen-bond acceptors (Lipinski definition) is 0. The topological polar surface area (TPSA) is 63.0 Å². The van der Waals surface area contributed by atoms with Gasteiger partial charge in [0, 0.05) is 34.1 Å². The molecule has 4 heavy (non-hydrogen) atoms. The first-order chi connectivity index (χ1) is 0. The number of hydrogen-bond donors (Lipinski definition) is 0. The van der Waals surface area contributed by atoms with Crippen molar-refractivity contribution in [1.82, 2.24) is 0 Å². The van der Waals surface area contributed by atoms with Crippen LogP contribution in [0.3, 0.4) is 0 Å². The van der Waals surface area contributed by atoms with Crippen LogP contribution in [0.15, 0.2) is 0 Å². The van der Waals surface area contributed by atoms with E-state index >= 15 is 0 Å². The molecule has 0 aliphatic rings. The molecule has 0 fully saturated rings. The first-order valence-electron chi connectivity index (χ1n) is 0. The fourth-order valence-electron chi connectivity index (χ4n) is 0. The van der Waals surface area contributed by atoms with Gasteiger partial charge in [0.25, 0.3) is 0 Å². The summed E-state index contributed by atoms with van der Waals surface area (Å²) in [6.45, 7) is 0. The van der Waals surface area contributed by atoms with Gasteiger partial charge in [-0.1, -0.05) is 0 Å². The largest absolute Gasteiger partial charge is 0.412 e. The van der Waals surface area contributed by atoms with Gasteiger partial charge in [-0.25, -0.2) is 0 Å². The standard InChI is InChI=1S/Cu.Fe.2H2O/h;;2*1H2. The monoisotopic (exact) mass is 155 g/mol. The van der Waals surface area contributed by atoms with Crippen LogP contribution in [0, 0.1) is 0 Å². The summed E-state index contributed by atoms with van der Waals surface area (Å²) in [6, 6.07) is 0. The molecular formula is H4CuFeO2. The van der Waals surface area contributed by atoms with Gasteiger partial charge in [-0.2, -0.15) is 0 Å². The van der Waals surface area contributed by atoms with Crippen molar-refractivity contribution in [2.75, 3.05) is 0 Å². The molecular weight excluding hydrogens is 151 g/mol. The van der Waals surface area contributed by atoms with Crippen molar-refractivity contribution < 1.29 is 45.1 Å². The van der Waals surface area contributed by atoms with E-state index in [-0.39, 0.29) is 45.1 Å². The molecule has 0 aromatic rings. The average molecular weight is 155 g/mol. The summed E-state index contributed by atoms with van der Waals surface area (Å²) in [5, 5.41) is 0. The summed E-state index contributed by atoms with van der Waals surface area (Å²) in [7, 11) is 0. The van der Waals surface area contributed by atoms with Gasteiger partial charge in [0.2, 0.25) is 0 Å². The fraction of sp³-hybridized carbons (Fsp3) is 0. The van der Waals surface area contributed by atoms with Crippen LogP contribution in [0.1, 0.15) is 0 Å². The van der Waals surface area contributed by atoms with E-state index in [0.29, 0.717) is 0 Å². The molecule has 0 spiro atoms. The molecule has 0 rings (SSSR count). The Morgan fingerprint density at radius 2 is 0.750 bits per heavy atom. The molecule has 0 aromatic carbocycles. The van der Waals surface area contributed by atoms with E-state index in [4.69, 9.17) is 0 Å². The molecule has 0 saturated carbocycles. The van der Waals surface area contributed by atoms with Crippen LogP contribution < -0.4 is 0 Å². The SMILES string of the molecule is O.O.[Cu].[Fe]. The predicted octanol–water partition coefficient (Wildman–Crippen LogP) is -1.65. The maximum Gasteiger partial charge on any atom is 0 e. The van der Waals surface area contributed by atoms with Gasteiger partial charge in [-0.05, 0) is 0 Å². The van der Waals surface area contributed by atoms with E-state index < -0.39 is 0 Å². The average Bonchev–Trinajstić information content (AvgIpc) is 0. The summed E-state index contributed by atoms with van der Waals surface area (Å²) in [6.07, 6.45) is 0. The first-order valence-corrected chi connectivity index (χ1v) is 0. The Morgan fingerprint density at radius 3 is 0.750 bits per heavy atom. The van der Waals surface area contributed by atoms with Crippen molar-refractivity contribution in [2.45, 2.75) is 0 Å². The molecule has 0 aromatic heterocycles. The van der Waals surface area contributed by atoms with Crippen LogP contribution in [-0.2, 0) is 34.1 Å². The summed E-state index contributed by atoms with van der Waals surface area (Å²) in [4.78, 5) is 0. The molecule has 4 heteroatoms. The molecule has 0 aliphatic heterocycles. The Hall–Kier alpha value is 0.959. The van der Waals surface area contributed by atoms with Crippen LogP contribution in [0.4, 0.5) is 0 Å². The molecule has 0 bridgehead atoms. The van der Waals surface area contributed by atoms with E-state index in [2.05, 4.69) is 0 Å². The third-order valence-corrected chi connectivity index (χ3v) is 0. The molecule has 0 atom stereocenters. The molecule has 0 saturated heterocycles. The molecule has 2 nitrogen and oxygen atoms in total. The van der Waals surface area contributed by atoms with Crippen molar-refractivity contribution in [3.8, 4) is 0 Å². The summed E-state index contributed by atoms with van der Waals surface area (Å²) in [5.74, 6) is 0. The third-order valence-electron chi connectivity index (χ3n) is 0. The van der Waals surface area contributed by atoms with Crippen LogP contribution in [-0.4, -0.2) is 11.0 Å². The van der Waals surface area contributed by atoms with E-state index in [1.165, 1.54) is 0 Å². The van der Waals surface area contributed by atoms with Crippen LogP contribution in [0.5, 0.6) is 0 Å². The fourth-order valence-corrected chi connectivity index (χ4v) is 0. The van der Waals surface area contributed by atoms with Gasteiger partial charge in [-0.3, -0.25) is 0 Å². The molecule has 35 valence electrons. The van der Waals surface area contributed by atoms with Crippen molar-refractivity contribution >= 4 is 0 Å². The van der Waals surface area contributed by atoms with Crippen molar-refractivity contribution in [3.05, 3.63) is 0 Å². The van der Waals surface area contributed by atoms with E-state index in [0.717, 1.165) is 0 Å². The normalized spacial score (nSPS) is 0. The minimum atomic E-state index is 0. The zero-order chi connectivity index (χ0) is 0. The smallest absolute Gasteiger partial charge is 0 e. The second-order valence-corrected chi connectivity index (χ2v) is 0. The summed E-state index contributed by atoms with van der Waals surface area (Å²) >= 11 is 0. The van der Waals surface area contributed by atoms with Gasteiger partial charge in [0.05, 0.1) is 0 Å². The van der Waals surface area contributed by atoms with Gasteiger partial charge < -0.3 is 11.0 Å². The molecule has 0 unspecified atom stereocenters. The Kier molecular flexibility index (Phi) is 796. The summed E-state index contributed by atoms with van der Waals surface area (Å²) < 4.78 is 0. The molecule has 1 radical (unpaired) electrons. The number of rotatable bonds is 0. The Morgan fingerprint density at radius 1 is 0.750 bits per heavy atom. The molecule has 0 amide bonds. The quantitative estimate of drug-likeness (QED) is 0.376.